The highest BCUT2D eigenvalue weighted by Gasteiger charge is 2.27. The highest BCUT2D eigenvalue weighted by Crippen LogP contribution is 2.35. The molecule has 0 atom stereocenters. The summed E-state index contributed by atoms with van der Waals surface area (Å²) in [7, 11) is 1.69. The average Bonchev–Trinajstić information content (AvgIpc) is 3.15. The van der Waals surface area contributed by atoms with Crippen molar-refractivity contribution in [3.63, 3.8) is 0 Å². The van der Waals surface area contributed by atoms with Gasteiger partial charge in [-0.3, -0.25) is 0 Å². The summed E-state index contributed by atoms with van der Waals surface area (Å²) in [5.74, 6) is 1.80. The minimum absolute atomic E-state index is 0.253. The average molecular weight is 401 g/mol. The number of nitrogens with zero attached hydrogens (tertiary/aromatic N) is 6. The molecule has 0 saturated carbocycles. The van der Waals surface area contributed by atoms with E-state index in [1.807, 2.05) is 13.8 Å². The number of thiazole rings is 1. The maximum absolute atomic E-state index is 5.61. The summed E-state index contributed by atoms with van der Waals surface area (Å²) >= 11 is 1.54. The third-order valence-corrected chi connectivity index (χ3v) is 5.96. The summed E-state index contributed by atoms with van der Waals surface area (Å²) in [5.41, 5.74) is 6.81. The van der Waals surface area contributed by atoms with Crippen LogP contribution in [-0.2, 0) is 21.5 Å². The number of nitrogens with two attached hydrogens (primary N) is 1. The van der Waals surface area contributed by atoms with Crippen LogP contribution in [-0.4, -0.2) is 58.3 Å². The van der Waals surface area contributed by atoms with Crippen molar-refractivity contribution >= 4 is 33.5 Å². The first-order valence-corrected chi connectivity index (χ1v) is 9.90. The van der Waals surface area contributed by atoms with Gasteiger partial charge in [-0.05, 0) is 19.4 Å². The second-order valence-corrected chi connectivity index (χ2v) is 8.05. The van der Waals surface area contributed by atoms with Gasteiger partial charge in [0.15, 0.2) is 5.82 Å². The normalized spacial score (nSPS) is 15.3. The lowest BCUT2D eigenvalue weighted by Gasteiger charge is -2.28. The van der Waals surface area contributed by atoms with Gasteiger partial charge in [0, 0.05) is 39.0 Å². The highest BCUT2D eigenvalue weighted by molar-refractivity contribution is 7.18. The SMILES string of the molecule is COC(C)(C)c1nc2c(N3CCOCC3)nc(Cc3cnc(N)nc3)nc2s1. The van der Waals surface area contributed by atoms with Crippen LogP contribution in [0.4, 0.5) is 11.8 Å². The lowest BCUT2D eigenvalue weighted by molar-refractivity contribution is 0.0192. The van der Waals surface area contributed by atoms with Crippen molar-refractivity contribution in [1.82, 2.24) is 24.9 Å². The number of fused-ring (bicyclic) bond motifs is 1. The number of ether oxygens (including phenoxy) is 2. The first kappa shape index (κ1) is 18.9. The summed E-state index contributed by atoms with van der Waals surface area (Å²) in [4.78, 5) is 25.6. The van der Waals surface area contributed by atoms with Crippen LogP contribution in [0.3, 0.4) is 0 Å². The minimum atomic E-state index is -0.487. The molecule has 0 aromatic carbocycles. The Balaban J connectivity index is 1.78. The van der Waals surface area contributed by atoms with Crippen LogP contribution < -0.4 is 10.6 Å². The Labute approximate surface area is 167 Å². The van der Waals surface area contributed by atoms with E-state index in [1.54, 1.807) is 19.5 Å². The Kier molecular flexibility index (Phi) is 5.09. The first-order chi connectivity index (χ1) is 13.5. The zero-order valence-electron chi connectivity index (χ0n) is 16.2. The number of morpholine rings is 1. The number of anilines is 2. The van der Waals surface area contributed by atoms with Crippen molar-refractivity contribution in [3.05, 3.63) is 28.8 Å². The van der Waals surface area contributed by atoms with Crippen molar-refractivity contribution in [1.29, 1.82) is 0 Å². The molecule has 0 bridgehead atoms. The van der Waals surface area contributed by atoms with Gasteiger partial charge in [-0.15, -0.1) is 0 Å². The zero-order chi connectivity index (χ0) is 19.7. The molecular weight excluding hydrogens is 378 g/mol. The molecule has 1 aliphatic heterocycles. The zero-order valence-corrected chi connectivity index (χ0v) is 17.0. The monoisotopic (exact) mass is 401 g/mol. The molecule has 9 nitrogen and oxygen atoms in total. The van der Waals surface area contributed by atoms with Crippen LogP contribution in [0.5, 0.6) is 0 Å². The fourth-order valence-corrected chi connectivity index (χ4v) is 3.94. The fourth-order valence-electron chi connectivity index (χ4n) is 2.91. The van der Waals surface area contributed by atoms with Crippen LogP contribution in [0.25, 0.3) is 10.3 Å². The van der Waals surface area contributed by atoms with Gasteiger partial charge in [0.25, 0.3) is 0 Å². The summed E-state index contributed by atoms with van der Waals surface area (Å²) in [6, 6.07) is 0. The van der Waals surface area contributed by atoms with Crippen molar-refractivity contribution < 1.29 is 9.47 Å². The van der Waals surface area contributed by atoms with Gasteiger partial charge >= 0.3 is 0 Å². The van der Waals surface area contributed by atoms with E-state index in [4.69, 9.17) is 30.2 Å². The molecule has 4 heterocycles. The number of nitrogen functional groups attached to an aromatic ring is 1. The van der Waals surface area contributed by atoms with Crippen molar-refractivity contribution in [2.45, 2.75) is 25.9 Å². The maximum atomic E-state index is 5.61. The number of methoxy groups -OCH3 is 1. The molecule has 1 saturated heterocycles. The summed E-state index contributed by atoms with van der Waals surface area (Å²) in [6.07, 6.45) is 3.93. The molecular formula is C18H23N7O2S. The summed E-state index contributed by atoms with van der Waals surface area (Å²) in [6.45, 7) is 6.90. The quantitative estimate of drug-likeness (QED) is 0.683. The predicted octanol–water partition coefficient (Wildman–Crippen LogP) is 1.77. The molecule has 0 spiro atoms. The Hall–Kier alpha value is -2.43. The van der Waals surface area contributed by atoms with Crippen LogP contribution >= 0.6 is 11.3 Å². The molecule has 1 aliphatic rings. The van der Waals surface area contributed by atoms with Crippen molar-refractivity contribution in [2.24, 2.45) is 0 Å². The van der Waals surface area contributed by atoms with E-state index in [9.17, 15) is 0 Å². The van der Waals surface area contributed by atoms with Gasteiger partial charge in [0.1, 0.15) is 26.8 Å². The molecule has 4 rings (SSSR count). The number of hydrogen-bond donors (Lipinski definition) is 1. The third-order valence-electron chi connectivity index (χ3n) is 4.71. The lowest BCUT2D eigenvalue weighted by atomic mass is 10.1. The number of aromatic nitrogens is 5. The van der Waals surface area contributed by atoms with Gasteiger partial charge in [-0.2, -0.15) is 0 Å². The molecule has 28 heavy (non-hydrogen) atoms. The summed E-state index contributed by atoms with van der Waals surface area (Å²) < 4.78 is 11.1. The van der Waals surface area contributed by atoms with Gasteiger partial charge in [0.2, 0.25) is 5.95 Å². The first-order valence-electron chi connectivity index (χ1n) is 9.08. The topological polar surface area (TPSA) is 112 Å². The summed E-state index contributed by atoms with van der Waals surface area (Å²) in [5, 5.41) is 0.877. The van der Waals surface area contributed by atoms with Gasteiger partial charge < -0.3 is 20.1 Å². The molecule has 3 aromatic heterocycles. The third kappa shape index (κ3) is 3.75. The smallest absolute Gasteiger partial charge is 0.219 e. The predicted molar refractivity (Wildman–Crippen MR) is 108 cm³/mol. The fraction of sp³-hybridized carbons (Fsp3) is 0.500. The van der Waals surface area contributed by atoms with Gasteiger partial charge in [0.05, 0.1) is 13.2 Å². The van der Waals surface area contributed by atoms with Gasteiger partial charge in [-0.25, -0.2) is 24.9 Å². The van der Waals surface area contributed by atoms with Crippen molar-refractivity contribution in [3.8, 4) is 0 Å². The number of hydrogen-bond acceptors (Lipinski definition) is 10. The Morgan fingerprint density at radius 2 is 1.89 bits per heavy atom. The maximum Gasteiger partial charge on any atom is 0.219 e. The largest absolute Gasteiger partial charge is 0.378 e. The molecule has 10 heteroatoms. The van der Waals surface area contributed by atoms with Gasteiger partial charge in [-0.1, -0.05) is 11.3 Å². The van der Waals surface area contributed by atoms with Crippen LogP contribution in [0, 0.1) is 0 Å². The molecule has 0 unspecified atom stereocenters. The van der Waals surface area contributed by atoms with Crippen LogP contribution in [0.15, 0.2) is 12.4 Å². The standard InChI is InChI=1S/C18H23N7O2S/c1-18(2,26-3)16-24-13-14(25-4-6-27-7-5-25)22-12(23-15(13)28-16)8-11-9-20-17(19)21-10-11/h9-10H,4-8H2,1-3H3,(H2,19,20,21). The molecule has 0 amide bonds. The van der Waals surface area contributed by atoms with Crippen LogP contribution in [0.1, 0.15) is 30.2 Å². The highest BCUT2D eigenvalue weighted by atomic mass is 32.1. The molecule has 3 aromatic rings. The molecule has 1 fully saturated rings. The van der Waals surface area contributed by atoms with E-state index >= 15 is 0 Å². The van der Waals surface area contributed by atoms with Crippen LogP contribution in [0.2, 0.25) is 0 Å². The molecule has 0 aliphatic carbocycles. The minimum Gasteiger partial charge on any atom is -0.378 e. The molecule has 0 radical (unpaired) electrons. The van der Waals surface area contributed by atoms with E-state index in [1.165, 1.54) is 11.3 Å². The second-order valence-electron chi connectivity index (χ2n) is 7.08. The number of rotatable bonds is 5. The Morgan fingerprint density at radius 3 is 2.57 bits per heavy atom. The van der Waals surface area contributed by atoms with E-state index < -0.39 is 5.60 Å². The van der Waals surface area contributed by atoms with E-state index in [0.29, 0.717) is 25.5 Å². The van der Waals surface area contributed by atoms with E-state index in [2.05, 4.69) is 14.9 Å². The molecule has 2 N–H and O–H groups in total. The lowest BCUT2D eigenvalue weighted by Crippen LogP contribution is -2.37. The molecule has 148 valence electrons. The van der Waals surface area contributed by atoms with E-state index in [-0.39, 0.29) is 5.95 Å². The van der Waals surface area contributed by atoms with E-state index in [0.717, 1.165) is 39.8 Å². The Morgan fingerprint density at radius 1 is 1.18 bits per heavy atom. The second kappa shape index (κ2) is 7.53. The Bertz CT molecular complexity index is 968. The van der Waals surface area contributed by atoms with Crippen molar-refractivity contribution in [2.75, 3.05) is 44.0 Å².